The second-order valence-electron chi connectivity index (χ2n) is 4.26. The molecule has 0 aliphatic carbocycles. The molecular weight excluding hydrogens is 258 g/mol. The Morgan fingerprint density at radius 1 is 1.45 bits per heavy atom. The van der Waals surface area contributed by atoms with Gasteiger partial charge in [0, 0.05) is 19.4 Å². The smallest absolute Gasteiger partial charge is 0.241 e. The Labute approximate surface area is 116 Å². The quantitative estimate of drug-likeness (QED) is 0.803. The Balaban J connectivity index is 1.95. The van der Waals surface area contributed by atoms with E-state index in [9.17, 15) is 4.79 Å². The summed E-state index contributed by atoms with van der Waals surface area (Å²) >= 11 is 0. The molecule has 0 bridgehead atoms. The lowest BCUT2D eigenvalue weighted by Crippen LogP contribution is -2.36. The highest BCUT2D eigenvalue weighted by Gasteiger charge is 2.13. The van der Waals surface area contributed by atoms with Crippen molar-refractivity contribution in [3.05, 3.63) is 36.9 Å². The zero-order valence-electron chi connectivity index (χ0n) is 11.2. The zero-order valence-corrected chi connectivity index (χ0v) is 11.2. The van der Waals surface area contributed by atoms with Gasteiger partial charge in [-0.2, -0.15) is 5.10 Å². The van der Waals surface area contributed by atoms with Crippen molar-refractivity contribution in [1.29, 1.82) is 0 Å². The van der Waals surface area contributed by atoms with Gasteiger partial charge in [0.05, 0.1) is 11.7 Å². The van der Waals surface area contributed by atoms with Gasteiger partial charge in [-0.1, -0.05) is 0 Å². The number of amides is 1. The molecule has 2 aromatic rings. The number of hydrogen-bond acceptors (Lipinski definition) is 5. The van der Waals surface area contributed by atoms with Crippen LogP contribution in [-0.2, 0) is 9.53 Å². The molecule has 7 nitrogen and oxygen atoms in total. The summed E-state index contributed by atoms with van der Waals surface area (Å²) in [6.45, 7) is 0.458. The number of anilines is 1. The van der Waals surface area contributed by atoms with Crippen molar-refractivity contribution in [2.45, 2.75) is 12.5 Å². The van der Waals surface area contributed by atoms with Gasteiger partial charge in [0.15, 0.2) is 0 Å². The van der Waals surface area contributed by atoms with E-state index >= 15 is 0 Å². The molecule has 106 valence electrons. The van der Waals surface area contributed by atoms with Gasteiger partial charge in [-0.3, -0.25) is 4.79 Å². The number of nitrogens with one attached hydrogen (secondary N) is 1. The Kier molecular flexibility index (Phi) is 4.80. The van der Waals surface area contributed by atoms with E-state index in [2.05, 4.69) is 15.4 Å². The summed E-state index contributed by atoms with van der Waals surface area (Å²) in [5, 5.41) is 6.78. The molecule has 0 saturated carbocycles. The number of benzene rings is 1. The summed E-state index contributed by atoms with van der Waals surface area (Å²) in [5.41, 5.74) is 7.30. The predicted octanol–water partition coefficient (Wildman–Crippen LogP) is 0.570. The first-order valence-electron chi connectivity index (χ1n) is 6.21. The van der Waals surface area contributed by atoms with Crippen LogP contribution in [0.5, 0.6) is 0 Å². The first-order chi connectivity index (χ1) is 9.70. The molecule has 20 heavy (non-hydrogen) atoms. The highest BCUT2D eigenvalue weighted by Crippen LogP contribution is 2.12. The van der Waals surface area contributed by atoms with E-state index in [1.54, 1.807) is 30.3 Å². The number of carbonyl (C=O) groups is 1. The van der Waals surface area contributed by atoms with E-state index in [0.29, 0.717) is 18.7 Å². The molecule has 1 aromatic carbocycles. The number of hydrogen-bond donors (Lipinski definition) is 2. The van der Waals surface area contributed by atoms with Crippen LogP contribution in [0, 0.1) is 0 Å². The summed E-state index contributed by atoms with van der Waals surface area (Å²) in [6.07, 6.45) is 3.55. The highest BCUT2D eigenvalue weighted by atomic mass is 16.5. The first-order valence-corrected chi connectivity index (χ1v) is 6.21. The van der Waals surface area contributed by atoms with Crippen LogP contribution in [0.25, 0.3) is 5.69 Å². The average molecular weight is 275 g/mol. The summed E-state index contributed by atoms with van der Waals surface area (Å²) in [6, 6.07) is 6.68. The molecule has 0 aliphatic rings. The van der Waals surface area contributed by atoms with Crippen LogP contribution in [0.15, 0.2) is 36.9 Å². The van der Waals surface area contributed by atoms with Crippen LogP contribution in [0.3, 0.4) is 0 Å². The minimum Gasteiger partial charge on any atom is -0.385 e. The summed E-state index contributed by atoms with van der Waals surface area (Å²) in [7, 11) is 1.58. The second kappa shape index (κ2) is 6.78. The fourth-order valence-electron chi connectivity index (χ4n) is 1.65. The van der Waals surface area contributed by atoms with Crippen LogP contribution < -0.4 is 11.1 Å². The molecular formula is C13H17N5O2. The fourth-order valence-corrected chi connectivity index (χ4v) is 1.65. The Morgan fingerprint density at radius 3 is 2.80 bits per heavy atom. The number of nitrogens with two attached hydrogens (primary N) is 1. The molecule has 7 heteroatoms. The Hall–Kier alpha value is -2.25. The maximum atomic E-state index is 11.8. The van der Waals surface area contributed by atoms with Crippen molar-refractivity contribution in [1.82, 2.24) is 14.8 Å². The van der Waals surface area contributed by atoms with Crippen LogP contribution in [-0.4, -0.2) is 40.4 Å². The average Bonchev–Trinajstić information content (AvgIpc) is 2.99. The van der Waals surface area contributed by atoms with E-state index in [0.717, 1.165) is 5.69 Å². The van der Waals surface area contributed by atoms with Crippen molar-refractivity contribution >= 4 is 11.6 Å². The lowest BCUT2D eigenvalue weighted by atomic mass is 10.2. The largest absolute Gasteiger partial charge is 0.385 e. The molecule has 1 heterocycles. The normalized spacial score (nSPS) is 12.1. The third kappa shape index (κ3) is 3.62. The number of ether oxygens (including phenoxy) is 1. The standard InChI is InChI=1S/C13H17N5O2/c1-20-7-6-12(14)13(19)17-10-2-4-11(5-3-10)18-9-15-8-16-18/h2-5,8-9,12H,6-7,14H2,1H3,(H,17,19). The summed E-state index contributed by atoms with van der Waals surface area (Å²) in [5.74, 6) is -0.226. The van der Waals surface area contributed by atoms with Crippen LogP contribution in [0.1, 0.15) is 6.42 Å². The van der Waals surface area contributed by atoms with Crippen molar-refractivity contribution in [2.75, 3.05) is 19.0 Å². The molecule has 3 N–H and O–H groups in total. The van der Waals surface area contributed by atoms with Crippen LogP contribution in [0.2, 0.25) is 0 Å². The monoisotopic (exact) mass is 275 g/mol. The predicted molar refractivity (Wildman–Crippen MR) is 74.5 cm³/mol. The van der Waals surface area contributed by atoms with Gasteiger partial charge >= 0.3 is 0 Å². The molecule has 1 unspecified atom stereocenters. The van der Waals surface area contributed by atoms with Crippen molar-refractivity contribution in [3.8, 4) is 5.69 Å². The van der Waals surface area contributed by atoms with Crippen molar-refractivity contribution in [3.63, 3.8) is 0 Å². The summed E-state index contributed by atoms with van der Waals surface area (Å²) in [4.78, 5) is 15.7. The lowest BCUT2D eigenvalue weighted by Gasteiger charge is -2.12. The first kappa shape index (κ1) is 14.2. The van der Waals surface area contributed by atoms with Crippen molar-refractivity contribution < 1.29 is 9.53 Å². The van der Waals surface area contributed by atoms with Crippen LogP contribution >= 0.6 is 0 Å². The molecule has 0 saturated heterocycles. The van der Waals surface area contributed by atoms with Gasteiger partial charge in [-0.05, 0) is 30.7 Å². The third-order valence-corrected chi connectivity index (χ3v) is 2.79. The second-order valence-corrected chi connectivity index (χ2v) is 4.26. The number of nitrogens with zero attached hydrogens (tertiary/aromatic N) is 3. The molecule has 2 rings (SSSR count). The zero-order chi connectivity index (χ0) is 14.4. The van der Waals surface area contributed by atoms with E-state index in [4.69, 9.17) is 10.5 Å². The third-order valence-electron chi connectivity index (χ3n) is 2.79. The maximum Gasteiger partial charge on any atom is 0.241 e. The number of aromatic nitrogens is 3. The Morgan fingerprint density at radius 2 is 2.20 bits per heavy atom. The van der Waals surface area contributed by atoms with E-state index < -0.39 is 6.04 Å². The van der Waals surface area contributed by atoms with E-state index in [-0.39, 0.29) is 5.91 Å². The lowest BCUT2D eigenvalue weighted by molar-refractivity contribution is -0.117. The summed E-state index contributed by atoms with van der Waals surface area (Å²) < 4.78 is 6.53. The fraction of sp³-hybridized carbons (Fsp3) is 0.308. The highest BCUT2D eigenvalue weighted by molar-refractivity contribution is 5.94. The number of carbonyl (C=O) groups excluding carboxylic acids is 1. The van der Waals surface area contributed by atoms with Gasteiger partial charge in [0.2, 0.25) is 5.91 Å². The molecule has 0 fully saturated rings. The van der Waals surface area contributed by atoms with Crippen molar-refractivity contribution in [2.24, 2.45) is 5.73 Å². The molecule has 1 aromatic heterocycles. The van der Waals surface area contributed by atoms with Crippen LogP contribution in [0.4, 0.5) is 5.69 Å². The minimum atomic E-state index is -0.579. The van der Waals surface area contributed by atoms with Gasteiger partial charge < -0.3 is 15.8 Å². The van der Waals surface area contributed by atoms with Gasteiger partial charge in [0.25, 0.3) is 0 Å². The molecule has 0 spiro atoms. The SMILES string of the molecule is COCCC(N)C(=O)Nc1ccc(-n2cncn2)cc1. The van der Waals surface area contributed by atoms with Gasteiger partial charge in [-0.15, -0.1) is 0 Å². The number of methoxy groups -OCH3 is 1. The number of rotatable bonds is 6. The van der Waals surface area contributed by atoms with E-state index in [1.165, 1.54) is 6.33 Å². The maximum absolute atomic E-state index is 11.8. The molecule has 0 aliphatic heterocycles. The topological polar surface area (TPSA) is 95.1 Å². The minimum absolute atomic E-state index is 0.226. The molecule has 1 atom stereocenters. The van der Waals surface area contributed by atoms with E-state index in [1.807, 2.05) is 12.1 Å². The Bertz CT molecular complexity index is 538. The molecule has 1 amide bonds. The van der Waals surface area contributed by atoms with Gasteiger partial charge in [0.1, 0.15) is 12.7 Å². The molecule has 0 radical (unpaired) electrons. The van der Waals surface area contributed by atoms with Gasteiger partial charge in [-0.25, -0.2) is 9.67 Å².